The van der Waals surface area contributed by atoms with Crippen LogP contribution in [0.25, 0.3) is 0 Å². The molecular formula is C11H16O2. The van der Waals surface area contributed by atoms with Gasteiger partial charge in [-0.2, -0.15) is 0 Å². The van der Waals surface area contributed by atoms with Crippen molar-refractivity contribution < 1.29 is 9.90 Å². The molecule has 0 aromatic heterocycles. The molecular weight excluding hydrogens is 164 g/mol. The van der Waals surface area contributed by atoms with Crippen molar-refractivity contribution in [1.29, 1.82) is 0 Å². The fourth-order valence-electron chi connectivity index (χ4n) is 1.72. The Kier molecular flexibility index (Phi) is 2.10. The number of aliphatic carboxylic acids is 1. The lowest BCUT2D eigenvalue weighted by molar-refractivity contribution is -0.144. The smallest absolute Gasteiger partial charge is 0.317 e. The zero-order valence-electron chi connectivity index (χ0n) is 8.42. The number of rotatable bonds is 1. The van der Waals surface area contributed by atoms with E-state index in [2.05, 4.69) is 6.58 Å². The Bertz CT molecular complexity index is 286. The fraction of sp³-hybridized carbons (Fsp3) is 0.545. The topological polar surface area (TPSA) is 37.3 Å². The fourth-order valence-corrected chi connectivity index (χ4v) is 1.72. The lowest BCUT2D eigenvalue weighted by Crippen LogP contribution is -2.36. The first-order chi connectivity index (χ1) is 5.81. The summed E-state index contributed by atoms with van der Waals surface area (Å²) in [5.74, 6) is -0.818. The molecule has 13 heavy (non-hydrogen) atoms. The molecule has 0 saturated carbocycles. The number of allylic oxidation sites excluding steroid dienone is 1. The van der Waals surface area contributed by atoms with Gasteiger partial charge < -0.3 is 5.11 Å². The number of hydrogen-bond donors (Lipinski definition) is 1. The second-order valence-electron chi connectivity index (χ2n) is 4.48. The molecule has 0 saturated heterocycles. The quantitative estimate of drug-likeness (QED) is 0.630. The maximum absolute atomic E-state index is 11.1. The van der Waals surface area contributed by atoms with Gasteiger partial charge in [-0.1, -0.05) is 38.2 Å². The largest absolute Gasteiger partial charge is 0.480 e. The van der Waals surface area contributed by atoms with Gasteiger partial charge in [-0.25, -0.2) is 0 Å². The molecule has 1 unspecified atom stereocenters. The summed E-state index contributed by atoms with van der Waals surface area (Å²) in [6.45, 7) is 9.67. The Morgan fingerprint density at radius 2 is 2.08 bits per heavy atom. The van der Waals surface area contributed by atoms with Crippen molar-refractivity contribution in [1.82, 2.24) is 0 Å². The number of carboxylic acid groups (broad SMARTS) is 1. The average Bonchev–Trinajstić information content (AvgIpc) is 1.99. The van der Waals surface area contributed by atoms with Crippen molar-refractivity contribution >= 4 is 5.97 Å². The lowest BCUT2D eigenvalue weighted by Gasteiger charge is -2.38. The second-order valence-corrected chi connectivity index (χ2v) is 4.48. The van der Waals surface area contributed by atoms with E-state index < -0.39 is 11.4 Å². The first-order valence-corrected chi connectivity index (χ1v) is 4.42. The molecule has 0 aromatic rings. The van der Waals surface area contributed by atoms with E-state index in [1.807, 2.05) is 19.9 Å². The minimum Gasteiger partial charge on any atom is -0.480 e. The van der Waals surface area contributed by atoms with Gasteiger partial charge in [0.15, 0.2) is 0 Å². The Labute approximate surface area is 79.0 Å². The van der Waals surface area contributed by atoms with E-state index >= 15 is 0 Å². The first-order valence-electron chi connectivity index (χ1n) is 4.42. The highest BCUT2D eigenvalue weighted by atomic mass is 16.4. The molecule has 1 N–H and O–H groups in total. The van der Waals surface area contributed by atoms with Gasteiger partial charge in [-0.3, -0.25) is 4.79 Å². The zero-order valence-corrected chi connectivity index (χ0v) is 8.42. The van der Waals surface area contributed by atoms with Crippen molar-refractivity contribution in [2.24, 2.45) is 10.8 Å². The van der Waals surface area contributed by atoms with Crippen LogP contribution in [0.15, 0.2) is 24.3 Å². The Morgan fingerprint density at radius 3 is 2.46 bits per heavy atom. The number of carbonyl (C=O) groups is 1. The molecule has 0 aromatic carbocycles. The zero-order chi connectivity index (χ0) is 10.3. The first kappa shape index (κ1) is 10.0. The van der Waals surface area contributed by atoms with Crippen LogP contribution in [0, 0.1) is 10.8 Å². The molecule has 2 nitrogen and oxygen atoms in total. The van der Waals surface area contributed by atoms with Gasteiger partial charge in [-0.15, -0.1) is 0 Å². The Morgan fingerprint density at radius 1 is 1.54 bits per heavy atom. The maximum Gasteiger partial charge on any atom is 0.317 e. The van der Waals surface area contributed by atoms with Gasteiger partial charge in [-0.05, 0) is 18.8 Å². The van der Waals surface area contributed by atoms with Crippen LogP contribution in [-0.2, 0) is 4.79 Å². The van der Waals surface area contributed by atoms with Crippen LogP contribution in [0.1, 0.15) is 27.2 Å². The molecule has 0 amide bonds. The van der Waals surface area contributed by atoms with E-state index in [0.29, 0.717) is 0 Å². The van der Waals surface area contributed by atoms with Crippen LogP contribution >= 0.6 is 0 Å². The Balaban J connectivity index is 3.16. The summed E-state index contributed by atoms with van der Waals surface area (Å²) in [6.07, 6.45) is 4.54. The third-order valence-corrected chi connectivity index (χ3v) is 2.97. The highest BCUT2D eigenvalue weighted by Crippen LogP contribution is 2.46. The molecule has 0 spiro atoms. The van der Waals surface area contributed by atoms with Gasteiger partial charge in [0.25, 0.3) is 0 Å². The van der Waals surface area contributed by atoms with Crippen molar-refractivity contribution in [3.05, 3.63) is 24.3 Å². The average molecular weight is 180 g/mol. The highest BCUT2D eigenvalue weighted by molar-refractivity contribution is 5.81. The normalized spacial score (nSPS) is 31.8. The number of hydrogen-bond acceptors (Lipinski definition) is 1. The van der Waals surface area contributed by atoms with Crippen LogP contribution < -0.4 is 0 Å². The highest BCUT2D eigenvalue weighted by Gasteiger charge is 2.42. The summed E-state index contributed by atoms with van der Waals surface area (Å²) in [5, 5.41) is 9.09. The summed E-state index contributed by atoms with van der Waals surface area (Å²) in [6, 6.07) is 0. The van der Waals surface area contributed by atoms with Crippen LogP contribution in [0.4, 0.5) is 0 Å². The molecule has 2 heteroatoms. The standard InChI is InChI=1S/C11H16O2/c1-8-10(2,3)6-5-7-11(8,4)9(12)13/h5,7H,1,6H2,2-4H3,(H,12,13). The minimum atomic E-state index is -0.887. The van der Waals surface area contributed by atoms with Crippen molar-refractivity contribution in [3.8, 4) is 0 Å². The monoisotopic (exact) mass is 180 g/mol. The van der Waals surface area contributed by atoms with Crippen LogP contribution in [0.5, 0.6) is 0 Å². The van der Waals surface area contributed by atoms with Gasteiger partial charge in [0.2, 0.25) is 0 Å². The Hall–Kier alpha value is -1.05. The van der Waals surface area contributed by atoms with E-state index in [1.54, 1.807) is 13.0 Å². The summed E-state index contributed by atoms with van der Waals surface area (Å²) >= 11 is 0. The molecule has 1 aliphatic carbocycles. The van der Waals surface area contributed by atoms with Crippen LogP contribution in [0.2, 0.25) is 0 Å². The number of carboxylic acids is 1. The minimum absolute atomic E-state index is 0.109. The van der Waals surface area contributed by atoms with Crippen molar-refractivity contribution in [2.75, 3.05) is 0 Å². The summed E-state index contributed by atoms with van der Waals surface area (Å²) in [4.78, 5) is 11.1. The maximum atomic E-state index is 11.1. The van der Waals surface area contributed by atoms with Crippen LogP contribution in [0.3, 0.4) is 0 Å². The predicted molar refractivity (Wildman–Crippen MR) is 52.4 cm³/mol. The van der Waals surface area contributed by atoms with Gasteiger partial charge >= 0.3 is 5.97 Å². The summed E-state index contributed by atoms with van der Waals surface area (Å²) in [7, 11) is 0. The van der Waals surface area contributed by atoms with E-state index in [-0.39, 0.29) is 5.41 Å². The second kappa shape index (κ2) is 2.72. The van der Waals surface area contributed by atoms with E-state index in [4.69, 9.17) is 5.11 Å². The molecule has 0 bridgehead atoms. The molecule has 1 aliphatic rings. The molecule has 0 heterocycles. The molecule has 72 valence electrons. The third kappa shape index (κ3) is 1.41. The third-order valence-electron chi connectivity index (χ3n) is 2.97. The van der Waals surface area contributed by atoms with E-state index in [0.717, 1.165) is 12.0 Å². The van der Waals surface area contributed by atoms with Gasteiger partial charge in [0.05, 0.1) is 0 Å². The van der Waals surface area contributed by atoms with Crippen molar-refractivity contribution in [2.45, 2.75) is 27.2 Å². The van der Waals surface area contributed by atoms with Gasteiger partial charge in [0.1, 0.15) is 5.41 Å². The van der Waals surface area contributed by atoms with E-state index in [9.17, 15) is 4.79 Å². The predicted octanol–water partition coefficient (Wildman–Crippen LogP) is 2.62. The molecule has 1 atom stereocenters. The van der Waals surface area contributed by atoms with E-state index in [1.165, 1.54) is 0 Å². The van der Waals surface area contributed by atoms with Gasteiger partial charge in [0, 0.05) is 0 Å². The van der Waals surface area contributed by atoms with Crippen LogP contribution in [-0.4, -0.2) is 11.1 Å². The molecule has 0 fully saturated rings. The van der Waals surface area contributed by atoms with Crippen molar-refractivity contribution in [3.63, 3.8) is 0 Å². The summed E-state index contributed by atoms with van der Waals surface area (Å²) < 4.78 is 0. The lowest BCUT2D eigenvalue weighted by atomic mass is 9.64. The molecule has 0 radical (unpaired) electrons. The SMILES string of the molecule is C=C1C(C)(C)CC=CC1(C)C(=O)O. The summed E-state index contributed by atoms with van der Waals surface area (Å²) in [5.41, 5.74) is -0.209. The molecule has 1 rings (SSSR count). The molecule has 0 aliphatic heterocycles.